The van der Waals surface area contributed by atoms with Gasteiger partial charge in [0.2, 0.25) is 5.91 Å². The number of halogens is 1. The Morgan fingerprint density at radius 2 is 2.10 bits per heavy atom. The number of aromatic nitrogens is 3. The highest BCUT2D eigenvalue weighted by molar-refractivity contribution is 5.95. The molecule has 1 aromatic heterocycles. The summed E-state index contributed by atoms with van der Waals surface area (Å²) in [6, 6.07) is 6.85. The molecule has 21 heavy (non-hydrogen) atoms. The molecule has 2 aromatic rings. The fraction of sp³-hybridized carbons (Fsp3) is 0.357. The Morgan fingerprint density at radius 3 is 2.67 bits per heavy atom. The third kappa shape index (κ3) is 4.27. The molecule has 0 saturated carbocycles. The summed E-state index contributed by atoms with van der Waals surface area (Å²) in [5, 5.41) is 9.70. The highest BCUT2D eigenvalue weighted by atomic mass is 35.5. The number of H-pyrrole nitrogens is 1. The second kappa shape index (κ2) is 7.19. The van der Waals surface area contributed by atoms with Crippen molar-refractivity contribution >= 4 is 24.0 Å². The molecule has 6 nitrogen and oxygen atoms in total. The van der Waals surface area contributed by atoms with Gasteiger partial charge in [0.15, 0.2) is 5.82 Å². The molecule has 114 valence electrons. The van der Waals surface area contributed by atoms with Crippen LogP contribution in [0.15, 0.2) is 24.3 Å². The number of hydrogen-bond donors (Lipinski definition) is 3. The molecule has 0 fully saturated rings. The number of nitrogens with two attached hydrogens (primary N) is 1. The average molecular weight is 310 g/mol. The van der Waals surface area contributed by atoms with Gasteiger partial charge in [-0.05, 0) is 25.0 Å². The van der Waals surface area contributed by atoms with Gasteiger partial charge in [-0.3, -0.25) is 9.89 Å². The van der Waals surface area contributed by atoms with E-state index in [4.69, 9.17) is 5.73 Å². The molecule has 1 aromatic carbocycles. The van der Waals surface area contributed by atoms with Crippen LogP contribution >= 0.6 is 12.4 Å². The number of aryl methyl sites for hydroxylation is 1. The van der Waals surface area contributed by atoms with E-state index in [0.717, 1.165) is 11.4 Å². The predicted molar refractivity (Wildman–Crippen MR) is 85.2 cm³/mol. The molecule has 7 heteroatoms. The number of nitrogens with zero attached hydrogens (tertiary/aromatic N) is 2. The number of aromatic amines is 1. The first-order chi connectivity index (χ1) is 9.47. The maximum Gasteiger partial charge on any atom is 0.241 e. The summed E-state index contributed by atoms with van der Waals surface area (Å²) in [5.74, 6) is 1.25. The van der Waals surface area contributed by atoms with Crippen LogP contribution in [0.4, 0.5) is 5.69 Å². The monoisotopic (exact) mass is 309 g/mol. The van der Waals surface area contributed by atoms with E-state index in [0.29, 0.717) is 11.5 Å². The van der Waals surface area contributed by atoms with E-state index in [9.17, 15) is 4.79 Å². The minimum absolute atomic E-state index is 0. The van der Waals surface area contributed by atoms with E-state index < -0.39 is 6.04 Å². The number of amides is 1. The molecule has 4 N–H and O–H groups in total. The molecule has 2 rings (SSSR count). The molecule has 0 saturated heterocycles. The van der Waals surface area contributed by atoms with Crippen molar-refractivity contribution in [2.24, 2.45) is 11.7 Å². The lowest BCUT2D eigenvalue weighted by molar-refractivity contribution is -0.118. The van der Waals surface area contributed by atoms with Crippen LogP contribution in [0.2, 0.25) is 0 Å². The first kappa shape index (κ1) is 17.1. The number of benzene rings is 1. The molecule has 1 atom stereocenters. The summed E-state index contributed by atoms with van der Waals surface area (Å²) in [6.45, 7) is 5.66. The van der Waals surface area contributed by atoms with Crippen LogP contribution in [0.1, 0.15) is 19.7 Å². The lowest BCUT2D eigenvalue weighted by atomic mass is 10.0. The first-order valence-electron chi connectivity index (χ1n) is 6.53. The normalized spacial score (nSPS) is 11.9. The Balaban J connectivity index is 0.00000220. The van der Waals surface area contributed by atoms with Crippen LogP contribution in [-0.2, 0) is 4.79 Å². The van der Waals surface area contributed by atoms with Crippen molar-refractivity contribution in [3.8, 4) is 11.4 Å². The molecule has 0 radical (unpaired) electrons. The topological polar surface area (TPSA) is 96.7 Å². The van der Waals surface area contributed by atoms with Crippen LogP contribution < -0.4 is 11.1 Å². The van der Waals surface area contributed by atoms with Crippen molar-refractivity contribution in [1.82, 2.24) is 15.2 Å². The number of carbonyl (C=O) groups excluding carboxylic acids is 1. The lowest BCUT2D eigenvalue weighted by Crippen LogP contribution is -2.39. The molecule has 0 unspecified atom stereocenters. The molecule has 1 heterocycles. The largest absolute Gasteiger partial charge is 0.325 e. The Labute approximate surface area is 129 Å². The lowest BCUT2D eigenvalue weighted by Gasteiger charge is -2.15. The van der Waals surface area contributed by atoms with Crippen molar-refractivity contribution in [2.45, 2.75) is 26.8 Å². The van der Waals surface area contributed by atoms with Gasteiger partial charge in [0.25, 0.3) is 0 Å². The molecule has 0 aliphatic rings. The summed E-state index contributed by atoms with van der Waals surface area (Å²) in [4.78, 5) is 16.2. The predicted octanol–water partition coefficient (Wildman–Crippen LogP) is 2.12. The molecule has 0 spiro atoms. The van der Waals surface area contributed by atoms with Crippen molar-refractivity contribution in [3.05, 3.63) is 30.1 Å². The number of anilines is 1. The van der Waals surface area contributed by atoms with Gasteiger partial charge in [0.05, 0.1) is 6.04 Å². The average Bonchev–Trinajstić information content (AvgIpc) is 2.84. The van der Waals surface area contributed by atoms with Gasteiger partial charge in [-0.1, -0.05) is 26.0 Å². The maximum atomic E-state index is 11.9. The first-order valence-corrected chi connectivity index (χ1v) is 6.53. The number of carbonyl (C=O) groups is 1. The van der Waals surface area contributed by atoms with Gasteiger partial charge in [-0.2, -0.15) is 5.10 Å². The third-order valence-corrected chi connectivity index (χ3v) is 3.01. The second-order valence-corrected chi connectivity index (χ2v) is 5.08. The van der Waals surface area contributed by atoms with Crippen molar-refractivity contribution < 1.29 is 4.79 Å². The van der Waals surface area contributed by atoms with Crippen LogP contribution in [0.3, 0.4) is 0 Å². The van der Waals surface area contributed by atoms with Gasteiger partial charge < -0.3 is 11.1 Å². The van der Waals surface area contributed by atoms with Crippen LogP contribution in [-0.4, -0.2) is 27.1 Å². The fourth-order valence-corrected chi connectivity index (χ4v) is 1.74. The molecule has 0 aliphatic carbocycles. The standard InChI is InChI=1S/C14H19N5O.ClH/c1-8(2)12(15)14(20)17-11-6-4-5-10(7-11)13-16-9(3)18-19-13;/h4-8,12H,15H2,1-3H3,(H,17,20)(H,16,18,19);1H/t12-;/m1./s1. The van der Waals surface area contributed by atoms with E-state index in [1.165, 1.54) is 0 Å². The summed E-state index contributed by atoms with van der Waals surface area (Å²) < 4.78 is 0. The Bertz CT molecular complexity index is 611. The van der Waals surface area contributed by atoms with E-state index in [1.807, 2.05) is 45.0 Å². The summed E-state index contributed by atoms with van der Waals surface area (Å²) >= 11 is 0. The molecular weight excluding hydrogens is 290 g/mol. The van der Waals surface area contributed by atoms with Gasteiger partial charge in [-0.25, -0.2) is 4.98 Å². The minimum Gasteiger partial charge on any atom is -0.325 e. The van der Waals surface area contributed by atoms with Crippen LogP contribution in [0, 0.1) is 12.8 Å². The fourth-order valence-electron chi connectivity index (χ4n) is 1.74. The summed E-state index contributed by atoms with van der Waals surface area (Å²) in [5.41, 5.74) is 7.34. The smallest absolute Gasteiger partial charge is 0.241 e. The summed E-state index contributed by atoms with van der Waals surface area (Å²) in [6.07, 6.45) is 0. The number of hydrogen-bond acceptors (Lipinski definition) is 4. The Kier molecular flexibility index (Phi) is 5.87. The van der Waals surface area contributed by atoms with E-state index in [-0.39, 0.29) is 24.2 Å². The SMILES string of the molecule is Cc1nc(-c2cccc(NC(=O)[C@H](N)C(C)C)c2)n[nH]1.Cl. The zero-order valence-corrected chi connectivity index (χ0v) is 13.1. The molecule has 1 amide bonds. The Morgan fingerprint density at radius 1 is 1.38 bits per heavy atom. The van der Waals surface area contributed by atoms with Gasteiger partial charge in [0, 0.05) is 11.3 Å². The molecule has 0 bridgehead atoms. The van der Waals surface area contributed by atoms with Gasteiger partial charge in [0.1, 0.15) is 5.82 Å². The Hall–Kier alpha value is -1.92. The molecular formula is C14H20ClN5O. The second-order valence-electron chi connectivity index (χ2n) is 5.08. The van der Waals surface area contributed by atoms with Crippen LogP contribution in [0.25, 0.3) is 11.4 Å². The number of nitrogens with one attached hydrogen (secondary N) is 2. The molecule has 0 aliphatic heterocycles. The van der Waals surface area contributed by atoms with E-state index in [1.54, 1.807) is 0 Å². The van der Waals surface area contributed by atoms with Crippen molar-refractivity contribution in [1.29, 1.82) is 0 Å². The van der Waals surface area contributed by atoms with Gasteiger partial charge >= 0.3 is 0 Å². The van der Waals surface area contributed by atoms with E-state index in [2.05, 4.69) is 20.5 Å². The van der Waals surface area contributed by atoms with Gasteiger partial charge in [-0.15, -0.1) is 12.4 Å². The van der Waals surface area contributed by atoms with Crippen molar-refractivity contribution in [3.63, 3.8) is 0 Å². The third-order valence-electron chi connectivity index (χ3n) is 3.01. The minimum atomic E-state index is -0.524. The number of rotatable bonds is 4. The van der Waals surface area contributed by atoms with Crippen LogP contribution in [0.5, 0.6) is 0 Å². The quantitative estimate of drug-likeness (QED) is 0.806. The van der Waals surface area contributed by atoms with Crippen molar-refractivity contribution in [2.75, 3.05) is 5.32 Å². The zero-order chi connectivity index (χ0) is 14.7. The maximum absolute atomic E-state index is 11.9. The zero-order valence-electron chi connectivity index (χ0n) is 12.3. The highest BCUT2D eigenvalue weighted by Gasteiger charge is 2.17. The highest BCUT2D eigenvalue weighted by Crippen LogP contribution is 2.19. The summed E-state index contributed by atoms with van der Waals surface area (Å²) in [7, 11) is 0. The van der Waals surface area contributed by atoms with E-state index >= 15 is 0 Å².